The van der Waals surface area contributed by atoms with Gasteiger partial charge in [0, 0.05) is 0 Å². The predicted octanol–water partition coefficient (Wildman–Crippen LogP) is 2.01. The molecule has 1 aliphatic heterocycles. The average Bonchev–Trinajstić information content (AvgIpc) is 2.85. The average molecular weight is 313 g/mol. The van der Waals surface area contributed by atoms with E-state index >= 15 is 0 Å². The summed E-state index contributed by atoms with van der Waals surface area (Å²) in [6, 6.07) is 1.25. The van der Waals surface area contributed by atoms with Gasteiger partial charge >= 0.3 is 19.5 Å². The van der Waals surface area contributed by atoms with Crippen LogP contribution in [0.5, 0.6) is 0 Å². The van der Waals surface area contributed by atoms with Crippen LogP contribution in [-0.2, 0) is 21.7 Å². The minimum absolute atomic E-state index is 0.0266. The van der Waals surface area contributed by atoms with E-state index < -0.39 is 36.8 Å². The van der Waals surface area contributed by atoms with Crippen LogP contribution in [0.4, 0.5) is 26.3 Å². The van der Waals surface area contributed by atoms with Gasteiger partial charge in [-0.25, -0.2) is 0 Å². The van der Waals surface area contributed by atoms with Gasteiger partial charge in [0.05, 0.1) is 17.7 Å². The van der Waals surface area contributed by atoms with E-state index in [1.165, 1.54) is 7.05 Å². The molecule has 1 unspecified atom stereocenters. The van der Waals surface area contributed by atoms with E-state index in [1.54, 1.807) is 0 Å². The fraction of sp³-hybridized carbons (Fsp3) is 0.455. The van der Waals surface area contributed by atoms with Gasteiger partial charge in [0.25, 0.3) is 0 Å². The monoisotopic (exact) mass is 313 g/mol. The Labute approximate surface area is 116 Å². The lowest BCUT2D eigenvalue weighted by molar-refractivity contribution is -0.142. The molecule has 1 N–H and O–H groups in total. The number of alkyl halides is 6. The first-order valence-corrected chi connectivity index (χ1v) is 5.85. The van der Waals surface area contributed by atoms with Crippen LogP contribution in [0, 0.1) is 0 Å². The zero-order valence-electron chi connectivity index (χ0n) is 10.7. The van der Waals surface area contributed by atoms with Gasteiger partial charge in [-0.3, -0.25) is 5.32 Å². The van der Waals surface area contributed by atoms with Crippen LogP contribution in [0.15, 0.2) is 18.2 Å². The summed E-state index contributed by atoms with van der Waals surface area (Å²) in [7, 11) is 0.259. The van der Waals surface area contributed by atoms with Crippen molar-refractivity contribution in [1.82, 2.24) is 5.32 Å². The molecule has 3 nitrogen and oxygen atoms in total. The highest BCUT2D eigenvalue weighted by atomic mass is 19.4. The van der Waals surface area contributed by atoms with E-state index in [1.807, 2.05) is 0 Å². The largest absolute Gasteiger partial charge is 0.495 e. The van der Waals surface area contributed by atoms with Gasteiger partial charge in [0.1, 0.15) is 6.23 Å². The van der Waals surface area contributed by atoms with Crippen molar-refractivity contribution in [1.29, 1.82) is 0 Å². The Morgan fingerprint density at radius 3 is 1.95 bits per heavy atom. The van der Waals surface area contributed by atoms with Crippen LogP contribution in [0.2, 0.25) is 0 Å². The van der Waals surface area contributed by atoms with Gasteiger partial charge in [-0.2, -0.15) is 26.3 Å². The third-order valence-electron chi connectivity index (χ3n) is 2.89. The Hall–Kier alpha value is -1.26. The quantitative estimate of drug-likeness (QED) is 0.669. The fourth-order valence-electron chi connectivity index (χ4n) is 1.84. The Morgan fingerprint density at radius 1 is 1.05 bits per heavy atom. The van der Waals surface area contributed by atoms with Crippen molar-refractivity contribution in [3.63, 3.8) is 0 Å². The van der Waals surface area contributed by atoms with Gasteiger partial charge < -0.3 is 9.31 Å². The summed E-state index contributed by atoms with van der Waals surface area (Å²) in [4.78, 5) is 0. The van der Waals surface area contributed by atoms with Crippen LogP contribution >= 0.6 is 0 Å². The van der Waals surface area contributed by atoms with Gasteiger partial charge in [-0.15, -0.1) is 0 Å². The summed E-state index contributed by atoms with van der Waals surface area (Å²) >= 11 is 0. The molecule has 0 saturated carbocycles. The van der Waals surface area contributed by atoms with Crippen LogP contribution in [0.1, 0.15) is 11.1 Å². The third-order valence-corrected chi connectivity index (χ3v) is 2.89. The van der Waals surface area contributed by atoms with E-state index in [2.05, 4.69) is 5.32 Å². The maximum Gasteiger partial charge on any atom is 0.495 e. The standard InChI is InChI=1S/C11H10BF6NO2/c1-19-9-5-20-12(21-9)8-3-6(10(13,14)15)2-7(4-8)11(16,17)18/h2-4,9,19H,5H2,1H3. The molecule has 0 radical (unpaired) electrons. The lowest BCUT2D eigenvalue weighted by Gasteiger charge is -2.15. The van der Waals surface area contributed by atoms with Crippen molar-refractivity contribution in [2.75, 3.05) is 13.7 Å². The van der Waals surface area contributed by atoms with Crippen molar-refractivity contribution in [3.8, 4) is 0 Å². The highest BCUT2D eigenvalue weighted by Gasteiger charge is 2.40. The van der Waals surface area contributed by atoms with Crippen LogP contribution in [0.3, 0.4) is 0 Å². The molecule has 1 saturated heterocycles. The summed E-state index contributed by atoms with van der Waals surface area (Å²) < 4.78 is 86.4. The number of likely N-dealkylation sites (N-methyl/N-ethyl adjacent to an activating group) is 1. The summed E-state index contributed by atoms with van der Waals surface area (Å²) in [5.41, 5.74) is -3.12. The molecule has 1 atom stereocenters. The molecule has 1 aromatic carbocycles. The summed E-state index contributed by atoms with van der Waals surface area (Å²) in [6.07, 6.45) is -10.4. The first-order valence-electron chi connectivity index (χ1n) is 5.85. The Bertz CT molecular complexity index is 486. The Kier molecular flexibility index (Phi) is 4.23. The van der Waals surface area contributed by atoms with Crippen molar-refractivity contribution >= 4 is 12.6 Å². The molecule has 0 bridgehead atoms. The zero-order chi connectivity index (χ0) is 15.8. The van der Waals surface area contributed by atoms with Crippen molar-refractivity contribution < 1.29 is 35.7 Å². The van der Waals surface area contributed by atoms with E-state index in [0.29, 0.717) is 12.1 Å². The van der Waals surface area contributed by atoms with Crippen molar-refractivity contribution in [2.24, 2.45) is 0 Å². The van der Waals surface area contributed by atoms with Crippen molar-refractivity contribution in [3.05, 3.63) is 29.3 Å². The van der Waals surface area contributed by atoms with Crippen LogP contribution < -0.4 is 10.8 Å². The second-order valence-corrected chi connectivity index (χ2v) is 4.42. The van der Waals surface area contributed by atoms with Crippen LogP contribution in [-0.4, -0.2) is 27.0 Å². The minimum atomic E-state index is -4.89. The van der Waals surface area contributed by atoms with Gasteiger partial charge in [0.15, 0.2) is 0 Å². The maximum absolute atomic E-state index is 12.7. The molecule has 21 heavy (non-hydrogen) atoms. The summed E-state index contributed by atoms with van der Waals surface area (Å²) in [5.74, 6) is 0. The third kappa shape index (κ3) is 3.69. The molecule has 1 heterocycles. The minimum Gasteiger partial charge on any atom is -0.403 e. The number of hydrogen-bond donors (Lipinski definition) is 1. The van der Waals surface area contributed by atoms with E-state index in [9.17, 15) is 26.3 Å². The molecule has 0 aromatic heterocycles. The van der Waals surface area contributed by atoms with Crippen molar-refractivity contribution in [2.45, 2.75) is 18.6 Å². The SMILES string of the molecule is CNC1COB(c2cc(C(F)(F)F)cc(C(F)(F)F)c2)O1. The number of rotatable bonds is 2. The second kappa shape index (κ2) is 5.50. The predicted molar refractivity (Wildman–Crippen MR) is 61.7 cm³/mol. The van der Waals surface area contributed by atoms with E-state index in [4.69, 9.17) is 9.31 Å². The number of nitrogens with one attached hydrogen (secondary N) is 1. The van der Waals surface area contributed by atoms with Gasteiger partial charge in [-0.1, -0.05) is 12.1 Å². The smallest absolute Gasteiger partial charge is 0.403 e. The first-order chi connectivity index (χ1) is 9.61. The molecular formula is C11H10BF6NO2. The lowest BCUT2D eigenvalue weighted by atomic mass is 9.77. The number of hydrogen-bond acceptors (Lipinski definition) is 3. The molecule has 10 heteroatoms. The number of halogens is 6. The van der Waals surface area contributed by atoms with Gasteiger partial charge in [0.2, 0.25) is 0 Å². The summed E-state index contributed by atoms with van der Waals surface area (Å²) in [6.45, 7) is 0.0266. The molecule has 0 amide bonds. The molecule has 2 rings (SSSR count). The Balaban J connectivity index is 2.41. The highest BCUT2D eigenvalue weighted by Crippen LogP contribution is 2.34. The highest BCUT2D eigenvalue weighted by molar-refractivity contribution is 6.61. The van der Waals surface area contributed by atoms with E-state index in [0.717, 1.165) is 0 Å². The fourth-order valence-corrected chi connectivity index (χ4v) is 1.84. The zero-order valence-corrected chi connectivity index (χ0v) is 10.7. The van der Waals surface area contributed by atoms with Gasteiger partial charge in [-0.05, 0) is 18.6 Å². The van der Waals surface area contributed by atoms with Crippen LogP contribution in [0.25, 0.3) is 0 Å². The second-order valence-electron chi connectivity index (χ2n) is 4.42. The molecule has 0 spiro atoms. The molecule has 0 aliphatic carbocycles. The Morgan fingerprint density at radius 2 is 1.57 bits per heavy atom. The molecule has 1 fully saturated rings. The normalized spacial score (nSPS) is 20.1. The van der Waals surface area contributed by atoms with E-state index in [-0.39, 0.29) is 18.1 Å². The molecule has 116 valence electrons. The maximum atomic E-state index is 12.7. The number of benzene rings is 1. The molecule has 1 aliphatic rings. The topological polar surface area (TPSA) is 30.5 Å². The summed E-state index contributed by atoms with van der Waals surface area (Å²) in [5, 5.41) is 2.66. The molecular weight excluding hydrogens is 303 g/mol. The first kappa shape index (κ1) is 16.1. The lowest BCUT2D eigenvalue weighted by Crippen LogP contribution is -2.36. The molecule has 1 aromatic rings.